The molecule has 0 unspecified atom stereocenters. The van der Waals surface area contributed by atoms with Gasteiger partial charge >= 0.3 is 0 Å². The lowest BCUT2D eigenvalue weighted by Crippen LogP contribution is -2.56. The molecule has 9 nitrogen and oxygen atoms in total. The summed E-state index contributed by atoms with van der Waals surface area (Å²) in [4.78, 5) is 1.27. The number of hydrogen-bond acceptors (Lipinski definition) is 9. The number of hydrogen-bond donors (Lipinski definition) is 5. The van der Waals surface area contributed by atoms with Crippen LogP contribution in [0.1, 0.15) is 56.9 Å². The van der Waals surface area contributed by atoms with Crippen molar-refractivity contribution in [3.8, 4) is 0 Å². The van der Waals surface area contributed by atoms with Gasteiger partial charge in [0.25, 0.3) is 0 Å². The lowest BCUT2D eigenvalue weighted by atomic mass is 9.98. The molecule has 1 saturated heterocycles. The van der Waals surface area contributed by atoms with E-state index in [0.29, 0.717) is 0 Å². The Bertz CT molecular complexity index is 819. The highest BCUT2D eigenvalue weighted by Crippen LogP contribution is 2.28. The van der Waals surface area contributed by atoms with E-state index in [2.05, 4.69) is 22.4 Å². The van der Waals surface area contributed by atoms with Gasteiger partial charge in [0.1, 0.15) is 24.4 Å². The molecular weight excluding hydrogens is 444 g/mol. The smallest absolute Gasteiger partial charge is 0.180 e. The Labute approximate surface area is 199 Å². The number of aromatic nitrogens is 3. The van der Waals surface area contributed by atoms with E-state index in [-0.39, 0.29) is 0 Å². The molecule has 2 aromatic rings. The van der Waals surface area contributed by atoms with Crippen molar-refractivity contribution in [1.82, 2.24) is 15.0 Å². The van der Waals surface area contributed by atoms with Crippen molar-refractivity contribution in [2.45, 2.75) is 86.9 Å². The van der Waals surface area contributed by atoms with Crippen LogP contribution in [-0.2, 0) is 11.2 Å². The molecule has 1 aromatic heterocycles. The molecule has 10 heteroatoms. The first-order valence-electron chi connectivity index (χ1n) is 11.7. The van der Waals surface area contributed by atoms with E-state index in [1.807, 2.05) is 23.9 Å². The molecule has 1 aromatic carbocycles. The zero-order chi connectivity index (χ0) is 23.6. The number of aliphatic hydroxyl groups excluding tert-OH is 4. The molecule has 5 atom stereocenters. The number of rotatable bonds is 13. The van der Waals surface area contributed by atoms with Gasteiger partial charge in [0, 0.05) is 10.6 Å². The number of aryl methyl sites for hydroxylation is 1. The van der Waals surface area contributed by atoms with Crippen LogP contribution >= 0.6 is 11.8 Å². The Morgan fingerprint density at radius 2 is 1.58 bits per heavy atom. The van der Waals surface area contributed by atoms with Crippen LogP contribution in [0.25, 0.3) is 0 Å². The molecule has 6 N–H and O–H groups in total. The number of nitrogens with two attached hydrogens (primary N) is 1. The number of anilines is 1. The molecular formula is C23H36N4O5S. The van der Waals surface area contributed by atoms with Crippen molar-refractivity contribution in [2.75, 3.05) is 18.1 Å². The maximum Gasteiger partial charge on any atom is 0.180 e. The molecule has 1 aliphatic heterocycles. The maximum absolute atomic E-state index is 10.2. The number of aliphatic hydroxyl groups is 4. The fraction of sp³-hybridized carbons (Fsp3) is 0.652. The van der Waals surface area contributed by atoms with Crippen molar-refractivity contribution in [1.29, 1.82) is 0 Å². The molecule has 0 radical (unpaired) electrons. The van der Waals surface area contributed by atoms with E-state index in [4.69, 9.17) is 10.5 Å². The van der Waals surface area contributed by atoms with Gasteiger partial charge in [0.2, 0.25) is 0 Å². The third-order valence-corrected chi connectivity index (χ3v) is 7.01. The Hall–Kier alpha value is -1.69. The van der Waals surface area contributed by atoms with E-state index < -0.39 is 37.3 Å². The van der Waals surface area contributed by atoms with Crippen LogP contribution in [0.3, 0.4) is 0 Å². The van der Waals surface area contributed by atoms with Crippen LogP contribution in [0.4, 0.5) is 5.69 Å². The number of nitrogen functional groups attached to an aromatic ring is 1. The second kappa shape index (κ2) is 13.3. The third-order valence-electron chi connectivity index (χ3n) is 5.91. The largest absolute Gasteiger partial charge is 0.399 e. The zero-order valence-corrected chi connectivity index (χ0v) is 19.7. The molecule has 33 heavy (non-hydrogen) atoms. The van der Waals surface area contributed by atoms with Gasteiger partial charge in [-0.3, -0.25) is 0 Å². The fourth-order valence-electron chi connectivity index (χ4n) is 3.90. The van der Waals surface area contributed by atoms with Gasteiger partial charge in [-0.1, -0.05) is 37.3 Å². The second-order valence-corrected chi connectivity index (χ2v) is 9.72. The summed E-state index contributed by atoms with van der Waals surface area (Å²) >= 11 is 1.88. The first-order chi connectivity index (χ1) is 16.0. The molecule has 1 fully saturated rings. The van der Waals surface area contributed by atoms with Crippen LogP contribution in [0.15, 0.2) is 35.4 Å². The molecule has 3 rings (SSSR count). The van der Waals surface area contributed by atoms with Crippen molar-refractivity contribution in [3.05, 3.63) is 36.2 Å². The maximum atomic E-state index is 10.2. The highest BCUT2D eigenvalue weighted by molar-refractivity contribution is 7.99. The van der Waals surface area contributed by atoms with Crippen molar-refractivity contribution < 1.29 is 25.2 Å². The number of thioether (sulfide) groups is 1. The SMILES string of the molecule is Nc1ccc(SCCCCCCCCCc2cn([C@@H]3O[C@H](CO)[C@@H](O)[C@H](O)[C@H]3O)nn2)cc1. The molecule has 0 amide bonds. The summed E-state index contributed by atoms with van der Waals surface area (Å²) in [6.45, 7) is -0.468. The van der Waals surface area contributed by atoms with Gasteiger partial charge in [-0.15, -0.1) is 16.9 Å². The summed E-state index contributed by atoms with van der Waals surface area (Å²) in [5.74, 6) is 1.13. The topological polar surface area (TPSA) is 147 Å². The van der Waals surface area contributed by atoms with Crippen LogP contribution in [-0.4, -0.2) is 72.2 Å². The normalized spacial score (nSPS) is 25.4. The van der Waals surface area contributed by atoms with E-state index in [0.717, 1.165) is 36.4 Å². The number of ether oxygens (including phenoxy) is 1. The zero-order valence-electron chi connectivity index (χ0n) is 18.9. The first-order valence-corrected chi connectivity index (χ1v) is 12.7. The van der Waals surface area contributed by atoms with Crippen molar-refractivity contribution in [2.24, 2.45) is 0 Å². The van der Waals surface area contributed by atoms with Gasteiger partial charge in [0.05, 0.1) is 18.5 Å². The van der Waals surface area contributed by atoms with Gasteiger partial charge < -0.3 is 30.9 Å². The lowest BCUT2D eigenvalue weighted by molar-refractivity contribution is -0.254. The minimum absolute atomic E-state index is 0.468. The summed E-state index contributed by atoms with van der Waals surface area (Å²) in [5, 5.41) is 47.4. The Morgan fingerprint density at radius 1 is 0.909 bits per heavy atom. The average Bonchev–Trinajstić information content (AvgIpc) is 3.29. The van der Waals surface area contributed by atoms with Gasteiger partial charge in [-0.2, -0.15) is 0 Å². The van der Waals surface area contributed by atoms with Crippen molar-refractivity contribution >= 4 is 17.4 Å². The van der Waals surface area contributed by atoms with E-state index in [9.17, 15) is 20.4 Å². The quantitative estimate of drug-likeness (QED) is 0.165. The van der Waals surface area contributed by atoms with Crippen molar-refractivity contribution in [3.63, 3.8) is 0 Å². The second-order valence-electron chi connectivity index (χ2n) is 8.55. The third kappa shape index (κ3) is 7.66. The summed E-state index contributed by atoms with van der Waals surface area (Å²) in [7, 11) is 0. The number of nitrogens with zero attached hydrogens (tertiary/aromatic N) is 3. The Kier molecular flexibility index (Phi) is 10.4. The summed E-state index contributed by atoms with van der Waals surface area (Å²) in [6, 6.07) is 8.03. The fourth-order valence-corrected chi connectivity index (χ4v) is 4.81. The standard InChI is InChI=1S/C23H36N4O5S/c24-16-9-11-18(12-10-16)33-13-7-5-3-1-2-4-6-8-17-14-27(26-25-17)23-22(31)21(30)20(29)19(15-28)32-23/h9-12,14,19-23,28-31H,1-8,13,15,24H2/t19-,20-,21+,22-,23-/m1/s1. The predicted molar refractivity (Wildman–Crippen MR) is 127 cm³/mol. The summed E-state index contributed by atoms with van der Waals surface area (Å²) < 4.78 is 6.85. The molecule has 2 heterocycles. The molecule has 0 aliphatic carbocycles. The highest BCUT2D eigenvalue weighted by Gasteiger charge is 2.44. The van der Waals surface area contributed by atoms with Crippen LogP contribution < -0.4 is 5.73 Å². The average molecular weight is 481 g/mol. The molecule has 0 spiro atoms. The predicted octanol–water partition coefficient (Wildman–Crippen LogP) is 1.90. The molecule has 1 aliphatic rings. The molecule has 0 saturated carbocycles. The minimum Gasteiger partial charge on any atom is -0.399 e. The minimum atomic E-state index is -1.43. The number of benzene rings is 1. The number of unbranched alkanes of at least 4 members (excludes halogenated alkanes) is 6. The summed E-state index contributed by atoms with van der Waals surface area (Å²) in [5.41, 5.74) is 7.29. The van der Waals surface area contributed by atoms with E-state index >= 15 is 0 Å². The molecule has 184 valence electrons. The van der Waals surface area contributed by atoms with Crippen LogP contribution in [0.5, 0.6) is 0 Å². The van der Waals surface area contributed by atoms with E-state index in [1.165, 1.54) is 41.7 Å². The Balaban J connectivity index is 1.26. The lowest BCUT2D eigenvalue weighted by Gasteiger charge is -2.39. The highest BCUT2D eigenvalue weighted by atomic mass is 32.2. The van der Waals surface area contributed by atoms with Gasteiger partial charge in [-0.25, -0.2) is 4.68 Å². The summed E-state index contributed by atoms with van der Waals surface area (Å²) in [6.07, 6.45) is 4.57. The van der Waals surface area contributed by atoms with Crippen LogP contribution in [0.2, 0.25) is 0 Å². The van der Waals surface area contributed by atoms with Crippen LogP contribution in [0, 0.1) is 0 Å². The van der Waals surface area contributed by atoms with E-state index in [1.54, 1.807) is 6.20 Å². The Morgan fingerprint density at radius 3 is 2.27 bits per heavy atom. The monoisotopic (exact) mass is 480 g/mol. The first kappa shape index (κ1) is 25.9. The van der Waals surface area contributed by atoms with Gasteiger partial charge in [0.15, 0.2) is 6.23 Å². The molecule has 0 bridgehead atoms. The van der Waals surface area contributed by atoms with Gasteiger partial charge in [-0.05, 0) is 49.3 Å².